The number of ether oxygens (including phenoxy) is 1. The molecule has 8 heteroatoms. The van der Waals surface area contributed by atoms with Crippen molar-refractivity contribution in [3.8, 4) is 6.07 Å². The summed E-state index contributed by atoms with van der Waals surface area (Å²) in [6.45, 7) is 1.09. The van der Waals surface area contributed by atoms with Gasteiger partial charge in [0.1, 0.15) is 0 Å². The van der Waals surface area contributed by atoms with Gasteiger partial charge in [0.05, 0.1) is 34.7 Å². The van der Waals surface area contributed by atoms with Crippen LogP contribution in [0.4, 0.5) is 5.69 Å². The average molecular weight is 399 g/mol. The molecule has 1 aliphatic heterocycles. The predicted octanol–water partition coefficient (Wildman–Crippen LogP) is 2.41. The fourth-order valence-corrected chi connectivity index (χ4v) is 4.19. The van der Waals surface area contributed by atoms with Gasteiger partial charge in [0, 0.05) is 13.2 Å². The van der Waals surface area contributed by atoms with Gasteiger partial charge in [0.2, 0.25) is 10.0 Å². The third kappa shape index (κ3) is 5.31. The number of hydrogen-bond acceptors (Lipinski definition) is 5. The van der Waals surface area contributed by atoms with Crippen molar-refractivity contribution in [3.63, 3.8) is 0 Å². The molecule has 1 aliphatic rings. The Labute approximate surface area is 164 Å². The minimum Gasteiger partial charge on any atom is -0.376 e. The summed E-state index contributed by atoms with van der Waals surface area (Å²) in [4.78, 5) is 12.5. The molecule has 1 saturated heterocycles. The summed E-state index contributed by atoms with van der Waals surface area (Å²) in [7, 11) is -3.73. The van der Waals surface area contributed by atoms with Crippen molar-refractivity contribution in [1.82, 2.24) is 5.32 Å². The van der Waals surface area contributed by atoms with Crippen LogP contribution >= 0.6 is 0 Å². The number of rotatable bonds is 7. The summed E-state index contributed by atoms with van der Waals surface area (Å²) in [5.41, 5.74) is 1.49. The lowest BCUT2D eigenvalue weighted by Crippen LogP contribution is -2.32. The summed E-state index contributed by atoms with van der Waals surface area (Å²) in [6.07, 6.45) is 1.88. The van der Waals surface area contributed by atoms with Gasteiger partial charge in [-0.1, -0.05) is 24.3 Å². The van der Waals surface area contributed by atoms with Crippen LogP contribution in [-0.2, 0) is 20.5 Å². The Morgan fingerprint density at radius 3 is 2.61 bits per heavy atom. The minimum absolute atomic E-state index is 0.00388. The number of anilines is 1. The Balaban J connectivity index is 1.68. The van der Waals surface area contributed by atoms with Crippen molar-refractivity contribution in [2.75, 3.05) is 17.9 Å². The first-order valence-electron chi connectivity index (χ1n) is 8.95. The Kier molecular flexibility index (Phi) is 6.29. The number of carbonyl (C=O) groups is 1. The number of hydrogen-bond donors (Lipinski definition) is 2. The van der Waals surface area contributed by atoms with E-state index in [1.165, 1.54) is 0 Å². The number of nitrogens with zero attached hydrogens (tertiary/aromatic N) is 1. The van der Waals surface area contributed by atoms with Gasteiger partial charge in [0.25, 0.3) is 5.91 Å². The van der Waals surface area contributed by atoms with Crippen molar-refractivity contribution < 1.29 is 17.9 Å². The second-order valence-electron chi connectivity index (χ2n) is 6.56. The number of para-hydroxylation sites is 1. The van der Waals surface area contributed by atoms with Gasteiger partial charge >= 0.3 is 0 Å². The van der Waals surface area contributed by atoms with E-state index in [1.54, 1.807) is 48.5 Å². The highest BCUT2D eigenvalue weighted by Gasteiger charge is 2.20. The number of benzene rings is 2. The van der Waals surface area contributed by atoms with Gasteiger partial charge in [-0.15, -0.1) is 0 Å². The SMILES string of the molecule is N#Cc1ccc(CS(=O)(=O)Nc2ccccc2C(=O)NC[C@@H]2CCCO2)cc1. The molecule has 2 aromatic rings. The molecule has 28 heavy (non-hydrogen) atoms. The molecule has 2 aromatic carbocycles. The van der Waals surface area contributed by atoms with Crippen LogP contribution in [0, 0.1) is 11.3 Å². The fraction of sp³-hybridized carbons (Fsp3) is 0.300. The smallest absolute Gasteiger partial charge is 0.253 e. The Hall–Kier alpha value is -2.89. The van der Waals surface area contributed by atoms with E-state index in [0.717, 1.165) is 12.8 Å². The highest BCUT2D eigenvalue weighted by molar-refractivity contribution is 7.91. The first-order chi connectivity index (χ1) is 13.5. The molecule has 0 unspecified atom stereocenters. The Bertz CT molecular complexity index is 975. The molecule has 0 aromatic heterocycles. The first kappa shape index (κ1) is 19.9. The topological polar surface area (TPSA) is 108 Å². The van der Waals surface area contributed by atoms with E-state index in [9.17, 15) is 13.2 Å². The Morgan fingerprint density at radius 1 is 1.18 bits per heavy atom. The van der Waals surface area contributed by atoms with E-state index in [-0.39, 0.29) is 29.0 Å². The van der Waals surface area contributed by atoms with E-state index >= 15 is 0 Å². The van der Waals surface area contributed by atoms with E-state index in [4.69, 9.17) is 10.00 Å². The van der Waals surface area contributed by atoms with E-state index < -0.39 is 10.0 Å². The molecular formula is C20H21N3O4S. The molecule has 146 valence electrons. The summed E-state index contributed by atoms with van der Waals surface area (Å²) >= 11 is 0. The normalized spacial score (nSPS) is 16.3. The second-order valence-corrected chi connectivity index (χ2v) is 8.28. The molecule has 3 rings (SSSR count). The van der Waals surface area contributed by atoms with E-state index in [2.05, 4.69) is 10.0 Å². The first-order valence-corrected chi connectivity index (χ1v) is 10.6. The van der Waals surface area contributed by atoms with Crippen LogP contribution in [-0.4, -0.2) is 33.6 Å². The second kappa shape index (κ2) is 8.87. The zero-order valence-corrected chi connectivity index (χ0v) is 16.0. The Morgan fingerprint density at radius 2 is 1.93 bits per heavy atom. The zero-order valence-electron chi connectivity index (χ0n) is 15.2. The predicted molar refractivity (Wildman–Crippen MR) is 105 cm³/mol. The van der Waals surface area contributed by atoms with Gasteiger partial charge in [-0.2, -0.15) is 5.26 Å². The number of carbonyl (C=O) groups excluding carboxylic acids is 1. The monoisotopic (exact) mass is 399 g/mol. The van der Waals surface area contributed by atoms with Gasteiger partial charge < -0.3 is 10.1 Å². The van der Waals surface area contributed by atoms with Gasteiger partial charge in [-0.25, -0.2) is 8.42 Å². The number of amides is 1. The zero-order chi connectivity index (χ0) is 20.0. The number of nitriles is 1. The maximum absolute atomic E-state index is 12.5. The quantitative estimate of drug-likeness (QED) is 0.743. The van der Waals surface area contributed by atoms with Crippen molar-refractivity contribution >= 4 is 21.6 Å². The lowest BCUT2D eigenvalue weighted by Gasteiger charge is -2.14. The van der Waals surface area contributed by atoms with Gasteiger partial charge in [-0.05, 0) is 42.7 Å². The largest absolute Gasteiger partial charge is 0.376 e. The van der Waals surface area contributed by atoms with Crippen molar-refractivity contribution in [2.24, 2.45) is 0 Å². The summed E-state index contributed by atoms with van der Waals surface area (Å²) in [5.74, 6) is -0.614. The molecule has 1 atom stereocenters. The van der Waals surface area contributed by atoms with Crippen LogP contribution in [0.25, 0.3) is 0 Å². The molecule has 0 saturated carbocycles. The van der Waals surface area contributed by atoms with Crippen molar-refractivity contribution in [1.29, 1.82) is 5.26 Å². The van der Waals surface area contributed by atoms with Gasteiger partial charge in [0.15, 0.2) is 0 Å². The molecule has 7 nitrogen and oxygen atoms in total. The van der Waals surface area contributed by atoms with Crippen molar-refractivity contribution in [2.45, 2.75) is 24.7 Å². The summed E-state index contributed by atoms with van der Waals surface area (Å²) in [5, 5.41) is 11.6. The fourth-order valence-electron chi connectivity index (χ4n) is 2.98. The molecule has 1 fully saturated rings. The molecular weight excluding hydrogens is 378 g/mol. The van der Waals surface area contributed by atoms with Crippen molar-refractivity contribution in [3.05, 3.63) is 65.2 Å². The molecule has 0 aliphatic carbocycles. The van der Waals surface area contributed by atoms with Gasteiger partial charge in [-0.3, -0.25) is 9.52 Å². The highest BCUT2D eigenvalue weighted by Crippen LogP contribution is 2.19. The number of sulfonamides is 1. The lowest BCUT2D eigenvalue weighted by atomic mass is 10.1. The van der Waals surface area contributed by atoms with E-state index in [1.807, 2.05) is 6.07 Å². The molecule has 1 amide bonds. The molecule has 0 radical (unpaired) electrons. The molecule has 0 spiro atoms. The van der Waals surface area contributed by atoms with E-state index in [0.29, 0.717) is 24.3 Å². The summed E-state index contributed by atoms with van der Waals surface area (Å²) in [6, 6.07) is 14.8. The van der Waals surface area contributed by atoms with Crippen LogP contribution in [0.3, 0.4) is 0 Å². The molecule has 0 bridgehead atoms. The van der Waals surface area contributed by atoms with Crippen LogP contribution in [0.2, 0.25) is 0 Å². The lowest BCUT2D eigenvalue weighted by molar-refractivity contribution is 0.0858. The highest BCUT2D eigenvalue weighted by atomic mass is 32.2. The van der Waals surface area contributed by atoms with Crippen LogP contribution in [0.15, 0.2) is 48.5 Å². The van der Waals surface area contributed by atoms with Crippen LogP contribution in [0.1, 0.15) is 34.3 Å². The number of nitrogens with one attached hydrogen (secondary N) is 2. The summed E-state index contributed by atoms with van der Waals surface area (Å²) < 4.78 is 33.1. The standard InChI is InChI=1S/C20H21N3O4S/c21-12-15-7-9-16(10-8-15)14-28(25,26)23-19-6-2-1-5-18(19)20(24)22-13-17-4-3-11-27-17/h1-2,5-10,17,23H,3-4,11,13-14H2,(H,22,24)/t17-/m0/s1. The third-order valence-corrected chi connectivity index (χ3v) is 5.64. The molecule has 1 heterocycles. The van der Waals surface area contributed by atoms with Crippen LogP contribution < -0.4 is 10.0 Å². The third-order valence-electron chi connectivity index (χ3n) is 4.39. The average Bonchev–Trinajstić information content (AvgIpc) is 3.20. The minimum atomic E-state index is -3.73. The van der Waals surface area contributed by atoms with Crippen LogP contribution in [0.5, 0.6) is 0 Å². The maximum Gasteiger partial charge on any atom is 0.253 e. The maximum atomic E-state index is 12.5. The molecule has 2 N–H and O–H groups in total.